The maximum Gasteiger partial charge on any atom is 0.305 e. The number of methoxy groups -OCH3 is 1. The summed E-state index contributed by atoms with van der Waals surface area (Å²) in [5.41, 5.74) is 0. The van der Waals surface area contributed by atoms with Crippen LogP contribution in [0.5, 0.6) is 0 Å². The minimum Gasteiger partial charge on any atom is -0.469 e. The molecule has 2 N–H and O–H groups in total. The van der Waals surface area contributed by atoms with Gasteiger partial charge in [-0.3, -0.25) is 4.79 Å². The summed E-state index contributed by atoms with van der Waals surface area (Å²) >= 11 is 0. The van der Waals surface area contributed by atoms with Crippen molar-refractivity contribution >= 4 is 5.97 Å². The number of hydrogen-bond acceptors (Lipinski definition) is 5. The molecule has 4 atom stereocenters. The number of unbranched alkanes of at least 4 members (excludes halogenated alkanes) is 6. The number of rotatable bonds is 13. The van der Waals surface area contributed by atoms with E-state index in [2.05, 4.69) is 11.7 Å². The summed E-state index contributed by atoms with van der Waals surface area (Å²) in [6, 6.07) is 0. The number of aliphatic hydroxyl groups is 2. The van der Waals surface area contributed by atoms with Gasteiger partial charge in [0.2, 0.25) is 0 Å². The van der Waals surface area contributed by atoms with Crippen LogP contribution in [0.15, 0.2) is 0 Å². The fourth-order valence-electron chi connectivity index (χ4n) is 3.31. The Morgan fingerprint density at radius 1 is 1.17 bits per heavy atom. The smallest absolute Gasteiger partial charge is 0.305 e. The molecule has 0 unspecified atom stereocenters. The molecule has 24 heavy (non-hydrogen) atoms. The Labute approximate surface area is 146 Å². The third-order valence-electron chi connectivity index (χ3n) is 4.88. The van der Waals surface area contributed by atoms with E-state index in [0.717, 1.165) is 64.2 Å². The summed E-state index contributed by atoms with van der Waals surface area (Å²) in [5.74, 6) is -0.138. The summed E-state index contributed by atoms with van der Waals surface area (Å²) in [7, 11) is 1.42. The van der Waals surface area contributed by atoms with Crippen molar-refractivity contribution in [2.24, 2.45) is 0 Å². The molecule has 5 heteroatoms. The Bertz CT molecular complexity index is 334. The summed E-state index contributed by atoms with van der Waals surface area (Å²) in [4.78, 5) is 11.0. The quantitative estimate of drug-likeness (QED) is 0.396. The van der Waals surface area contributed by atoms with Crippen LogP contribution in [-0.2, 0) is 14.3 Å². The predicted octanol–water partition coefficient (Wildman–Crippen LogP) is 3.35. The lowest BCUT2D eigenvalue weighted by molar-refractivity contribution is -0.140. The molecule has 0 spiro atoms. The molecule has 1 fully saturated rings. The first-order valence-electron chi connectivity index (χ1n) is 9.66. The van der Waals surface area contributed by atoms with E-state index in [-0.39, 0.29) is 18.2 Å². The van der Waals surface area contributed by atoms with Gasteiger partial charge in [-0.05, 0) is 19.3 Å². The van der Waals surface area contributed by atoms with Crippen LogP contribution in [0.3, 0.4) is 0 Å². The van der Waals surface area contributed by atoms with E-state index in [0.29, 0.717) is 12.8 Å². The third-order valence-corrected chi connectivity index (χ3v) is 4.88. The van der Waals surface area contributed by atoms with E-state index in [1.807, 2.05) is 0 Å². The van der Waals surface area contributed by atoms with Crippen LogP contribution in [-0.4, -0.2) is 47.7 Å². The Morgan fingerprint density at radius 2 is 1.88 bits per heavy atom. The van der Waals surface area contributed by atoms with Gasteiger partial charge in [0.25, 0.3) is 0 Å². The maximum atomic E-state index is 11.0. The number of esters is 1. The minimum absolute atomic E-state index is 0.133. The van der Waals surface area contributed by atoms with Gasteiger partial charge in [0.15, 0.2) is 0 Å². The topological polar surface area (TPSA) is 76.0 Å². The molecule has 1 aliphatic rings. The molecular formula is C19H36O5. The largest absolute Gasteiger partial charge is 0.469 e. The highest BCUT2D eigenvalue weighted by molar-refractivity contribution is 5.68. The number of aliphatic hydroxyl groups excluding tert-OH is 2. The second kappa shape index (κ2) is 12.7. The Morgan fingerprint density at radius 3 is 2.58 bits per heavy atom. The van der Waals surface area contributed by atoms with E-state index in [4.69, 9.17) is 4.74 Å². The van der Waals surface area contributed by atoms with Crippen LogP contribution in [0, 0.1) is 0 Å². The molecule has 1 heterocycles. The van der Waals surface area contributed by atoms with Crippen LogP contribution >= 0.6 is 0 Å². The SMILES string of the molecule is CCCCC[C@H](O)[C@@H]1C[C@@H](O)[C@@H](CCCCCCCC(=O)OC)O1. The van der Waals surface area contributed by atoms with Gasteiger partial charge in [-0.1, -0.05) is 51.9 Å². The van der Waals surface area contributed by atoms with Crippen molar-refractivity contribution < 1.29 is 24.5 Å². The molecule has 0 saturated carbocycles. The van der Waals surface area contributed by atoms with Crippen molar-refractivity contribution in [3.05, 3.63) is 0 Å². The number of carbonyl (C=O) groups is 1. The zero-order valence-corrected chi connectivity index (χ0v) is 15.4. The van der Waals surface area contributed by atoms with Gasteiger partial charge in [0.1, 0.15) is 0 Å². The van der Waals surface area contributed by atoms with E-state index in [1.54, 1.807) is 0 Å². The van der Waals surface area contributed by atoms with Crippen molar-refractivity contribution in [1.29, 1.82) is 0 Å². The molecule has 1 rings (SSSR count). The molecule has 0 radical (unpaired) electrons. The fourth-order valence-corrected chi connectivity index (χ4v) is 3.31. The molecule has 142 valence electrons. The standard InChI is InChI=1S/C19H36O5/c1-3-4-8-11-15(20)18-14-16(21)17(24-18)12-9-6-5-7-10-13-19(22)23-2/h15-18,20-21H,3-14H2,1-2H3/t15-,16+,17+,18-/m0/s1. The lowest BCUT2D eigenvalue weighted by Crippen LogP contribution is -2.26. The van der Waals surface area contributed by atoms with E-state index < -0.39 is 12.2 Å². The fraction of sp³-hybridized carbons (Fsp3) is 0.947. The van der Waals surface area contributed by atoms with Crippen molar-refractivity contribution in [2.75, 3.05) is 7.11 Å². The number of hydrogen-bond donors (Lipinski definition) is 2. The van der Waals surface area contributed by atoms with Gasteiger partial charge >= 0.3 is 5.97 Å². The first kappa shape index (κ1) is 21.4. The van der Waals surface area contributed by atoms with E-state index in [9.17, 15) is 15.0 Å². The van der Waals surface area contributed by atoms with E-state index >= 15 is 0 Å². The first-order valence-corrected chi connectivity index (χ1v) is 9.66. The summed E-state index contributed by atoms with van der Waals surface area (Å²) in [6.07, 6.45) is 9.79. The monoisotopic (exact) mass is 344 g/mol. The van der Waals surface area contributed by atoms with Crippen LogP contribution in [0.4, 0.5) is 0 Å². The molecule has 1 aliphatic heterocycles. The molecule has 0 aliphatic carbocycles. The molecule has 0 amide bonds. The van der Waals surface area contributed by atoms with Crippen LogP contribution in [0.1, 0.15) is 84.0 Å². The van der Waals surface area contributed by atoms with Gasteiger partial charge in [-0.2, -0.15) is 0 Å². The molecule has 0 aromatic heterocycles. The molecule has 1 saturated heterocycles. The maximum absolute atomic E-state index is 11.0. The average molecular weight is 344 g/mol. The lowest BCUT2D eigenvalue weighted by atomic mass is 10.0. The summed E-state index contributed by atoms with van der Waals surface area (Å²) < 4.78 is 10.5. The molecule has 5 nitrogen and oxygen atoms in total. The van der Waals surface area contributed by atoms with Crippen LogP contribution in [0.25, 0.3) is 0 Å². The molecular weight excluding hydrogens is 308 g/mol. The second-order valence-electron chi connectivity index (χ2n) is 6.96. The van der Waals surface area contributed by atoms with Crippen LogP contribution in [0.2, 0.25) is 0 Å². The Kier molecular flexibility index (Phi) is 11.3. The zero-order chi connectivity index (χ0) is 17.8. The number of ether oxygens (including phenoxy) is 2. The molecule has 0 aromatic carbocycles. The molecule has 0 aromatic rings. The van der Waals surface area contributed by atoms with Crippen molar-refractivity contribution in [1.82, 2.24) is 0 Å². The average Bonchev–Trinajstić information content (AvgIpc) is 2.95. The highest BCUT2D eigenvalue weighted by atomic mass is 16.5. The van der Waals surface area contributed by atoms with E-state index in [1.165, 1.54) is 7.11 Å². The minimum atomic E-state index is -0.450. The first-order chi connectivity index (χ1) is 11.6. The zero-order valence-electron chi connectivity index (χ0n) is 15.4. The summed E-state index contributed by atoms with van der Waals surface area (Å²) in [6.45, 7) is 2.15. The number of carbonyl (C=O) groups excluding carboxylic acids is 1. The molecule has 0 bridgehead atoms. The summed E-state index contributed by atoms with van der Waals surface area (Å²) in [5, 5.41) is 20.3. The van der Waals surface area contributed by atoms with Gasteiger partial charge in [-0.15, -0.1) is 0 Å². The van der Waals surface area contributed by atoms with Gasteiger partial charge < -0.3 is 19.7 Å². The van der Waals surface area contributed by atoms with Crippen molar-refractivity contribution in [3.63, 3.8) is 0 Å². The van der Waals surface area contributed by atoms with Crippen LogP contribution < -0.4 is 0 Å². The Hall–Kier alpha value is -0.650. The normalized spacial score (nSPS) is 24.9. The second-order valence-corrected chi connectivity index (χ2v) is 6.96. The highest BCUT2D eigenvalue weighted by Gasteiger charge is 2.36. The van der Waals surface area contributed by atoms with Gasteiger partial charge in [0.05, 0.1) is 31.5 Å². The van der Waals surface area contributed by atoms with Crippen molar-refractivity contribution in [3.8, 4) is 0 Å². The highest BCUT2D eigenvalue weighted by Crippen LogP contribution is 2.28. The van der Waals surface area contributed by atoms with Crippen molar-refractivity contribution in [2.45, 2.75) is 108 Å². The lowest BCUT2D eigenvalue weighted by Gasteiger charge is -2.19. The predicted molar refractivity (Wildman–Crippen MR) is 93.8 cm³/mol. The Balaban J connectivity index is 2.08. The van der Waals surface area contributed by atoms with Gasteiger partial charge in [0, 0.05) is 12.8 Å². The third kappa shape index (κ3) is 8.45. The van der Waals surface area contributed by atoms with Gasteiger partial charge in [-0.25, -0.2) is 0 Å².